The molecule has 2 aromatic heterocycles. The second kappa shape index (κ2) is 10.9. The highest BCUT2D eigenvalue weighted by Crippen LogP contribution is 2.37. The van der Waals surface area contributed by atoms with Crippen LogP contribution in [0.2, 0.25) is 0 Å². The Kier molecular flexibility index (Phi) is 7.40. The average molecular weight is 567 g/mol. The maximum absolute atomic E-state index is 4.73. The Morgan fingerprint density at radius 2 is 1.69 bits per heavy atom. The van der Waals surface area contributed by atoms with E-state index in [1.54, 1.807) is 30.5 Å². The number of hydrogen-bond acceptors (Lipinski definition) is 10. The van der Waals surface area contributed by atoms with E-state index in [-0.39, 0.29) is 0 Å². The predicted molar refractivity (Wildman–Crippen MR) is 154 cm³/mol. The number of hydrogen-bond donors (Lipinski definition) is 2. The molecule has 36 heavy (non-hydrogen) atoms. The Hall–Kier alpha value is -3.15. The van der Waals surface area contributed by atoms with Crippen molar-refractivity contribution in [2.45, 2.75) is 0 Å². The lowest BCUT2D eigenvalue weighted by molar-refractivity contribution is 0.313. The lowest BCUT2D eigenvalue weighted by Gasteiger charge is -2.34. The molecule has 9 nitrogen and oxygen atoms in total. The van der Waals surface area contributed by atoms with E-state index < -0.39 is 0 Å². The van der Waals surface area contributed by atoms with Crippen molar-refractivity contribution in [2.24, 2.45) is 0 Å². The van der Waals surface area contributed by atoms with E-state index in [0.717, 1.165) is 58.7 Å². The van der Waals surface area contributed by atoms with Crippen molar-refractivity contribution in [1.29, 1.82) is 0 Å². The fourth-order valence-corrected chi connectivity index (χ4v) is 4.78. The van der Waals surface area contributed by atoms with E-state index in [1.165, 1.54) is 5.69 Å². The SMILES string of the molecule is CSN(C)c1c(Nc2nc(Nc3ccc(N4CCN(C)CC4)cc3)ncc2Br)ccc2nccnc12. The third-order valence-electron chi connectivity index (χ3n) is 6.19. The van der Waals surface area contributed by atoms with Crippen LogP contribution in [0.1, 0.15) is 0 Å². The molecule has 1 saturated heterocycles. The first kappa shape index (κ1) is 24.5. The zero-order valence-corrected chi connectivity index (χ0v) is 22.8. The molecule has 1 aliphatic heterocycles. The maximum Gasteiger partial charge on any atom is 0.229 e. The molecule has 4 aromatic rings. The fourth-order valence-electron chi connectivity index (χ4n) is 4.12. The third-order valence-corrected chi connectivity index (χ3v) is 7.50. The second-order valence-corrected chi connectivity index (χ2v) is 10.3. The van der Waals surface area contributed by atoms with Crippen LogP contribution in [0.3, 0.4) is 0 Å². The van der Waals surface area contributed by atoms with Crippen LogP contribution in [0.25, 0.3) is 11.0 Å². The van der Waals surface area contributed by atoms with Crippen molar-refractivity contribution in [3.05, 3.63) is 59.5 Å². The first-order valence-electron chi connectivity index (χ1n) is 11.6. The summed E-state index contributed by atoms with van der Waals surface area (Å²) >= 11 is 5.19. The van der Waals surface area contributed by atoms with Crippen molar-refractivity contribution < 1.29 is 0 Å². The van der Waals surface area contributed by atoms with Crippen molar-refractivity contribution in [2.75, 3.05) is 66.4 Å². The summed E-state index contributed by atoms with van der Waals surface area (Å²) in [6.45, 7) is 4.26. The standard InChI is InChI=1S/C25H28BrN9S/c1-33-12-14-35(15-13-33)18-6-4-17(5-7-18)30-25-29-16-19(26)24(32-25)31-21-9-8-20-22(28-11-10-27-20)23(21)34(2)36-3/h4-11,16H,12-15H2,1-3H3,(H2,29,30,31,32). The molecule has 0 aliphatic carbocycles. The third kappa shape index (κ3) is 5.32. The number of benzene rings is 2. The molecule has 0 radical (unpaired) electrons. The van der Waals surface area contributed by atoms with E-state index in [2.05, 4.69) is 86.9 Å². The number of anilines is 6. The van der Waals surface area contributed by atoms with Gasteiger partial charge in [-0.05, 0) is 59.4 Å². The summed E-state index contributed by atoms with van der Waals surface area (Å²) < 4.78 is 2.82. The zero-order valence-electron chi connectivity index (χ0n) is 20.4. The number of likely N-dealkylation sites (N-methyl/N-ethyl adjacent to an activating group) is 1. The normalized spacial score (nSPS) is 14.2. The summed E-state index contributed by atoms with van der Waals surface area (Å²) in [7, 11) is 4.18. The van der Waals surface area contributed by atoms with Crippen LogP contribution in [0, 0.1) is 0 Å². The van der Waals surface area contributed by atoms with Gasteiger partial charge in [-0.25, -0.2) is 4.98 Å². The Labute approximate surface area is 223 Å². The summed E-state index contributed by atoms with van der Waals surface area (Å²) in [5, 5.41) is 6.78. The molecule has 0 amide bonds. The van der Waals surface area contributed by atoms with Gasteiger partial charge in [0.1, 0.15) is 11.3 Å². The van der Waals surface area contributed by atoms with Crippen LogP contribution >= 0.6 is 27.9 Å². The van der Waals surface area contributed by atoms with Gasteiger partial charge in [-0.15, -0.1) is 0 Å². The van der Waals surface area contributed by atoms with Crippen LogP contribution in [-0.2, 0) is 0 Å². The van der Waals surface area contributed by atoms with Crippen LogP contribution < -0.4 is 19.8 Å². The minimum atomic E-state index is 0.508. The molecule has 186 valence electrons. The first-order chi connectivity index (χ1) is 17.5. The van der Waals surface area contributed by atoms with E-state index in [1.807, 2.05) is 25.4 Å². The van der Waals surface area contributed by atoms with Gasteiger partial charge in [0.15, 0.2) is 0 Å². The minimum absolute atomic E-state index is 0.508. The Morgan fingerprint density at radius 3 is 2.44 bits per heavy atom. The van der Waals surface area contributed by atoms with E-state index >= 15 is 0 Å². The molecule has 2 N–H and O–H groups in total. The molecule has 0 spiro atoms. The molecule has 5 rings (SSSR count). The zero-order chi connectivity index (χ0) is 25.1. The monoisotopic (exact) mass is 565 g/mol. The molecule has 2 aromatic carbocycles. The summed E-state index contributed by atoms with van der Waals surface area (Å²) in [6.07, 6.45) is 7.18. The van der Waals surface area contributed by atoms with Crippen molar-refractivity contribution in [1.82, 2.24) is 24.8 Å². The quantitative estimate of drug-likeness (QED) is 0.294. The summed E-state index contributed by atoms with van der Waals surface area (Å²) in [4.78, 5) is 23.0. The van der Waals surface area contributed by atoms with Crippen LogP contribution in [0.15, 0.2) is 59.5 Å². The maximum atomic E-state index is 4.73. The number of rotatable bonds is 7. The molecule has 0 atom stereocenters. The van der Waals surface area contributed by atoms with Gasteiger partial charge < -0.3 is 24.7 Å². The van der Waals surface area contributed by atoms with Crippen molar-refractivity contribution in [3.63, 3.8) is 0 Å². The summed E-state index contributed by atoms with van der Waals surface area (Å²) in [5.41, 5.74) is 5.64. The second-order valence-electron chi connectivity index (χ2n) is 8.54. The van der Waals surface area contributed by atoms with Gasteiger partial charge in [0.25, 0.3) is 0 Å². The minimum Gasteiger partial charge on any atom is -0.369 e. The molecule has 3 heterocycles. The number of piperazine rings is 1. The molecule has 1 aliphatic rings. The lowest BCUT2D eigenvalue weighted by Crippen LogP contribution is -2.44. The lowest BCUT2D eigenvalue weighted by atomic mass is 10.2. The summed E-state index contributed by atoms with van der Waals surface area (Å²) in [5.74, 6) is 1.16. The van der Waals surface area contributed by atoms with Crippen molar-refractivity contribution >= 4 is 73.4 Å². The van der Waals surface area contributed by atoms with Crippen LogP contribution in [0.4, 0.5) is 34.5 Å². The van der Waals surface area contributed by atoms with Crippen LogP contribution in [0.5, 0.6) is 0 Å². The number of fused-ring (bicyclic) bond motifs is 1. The first-order valence-corrected chi connectivity index (χ1v) is 13.6. The largest absolute Gasteiger partial charge is 0.369 e. The molecule has 0 unspecified atom stereocenters. The Bertz CT molecular complexity index is 1340. The highest BCUT2D eigenvalue weighted by atomic mass is 79.9. The molecular weight excluding hydrogens is 538 g/mol. The van der Waals surface area contributed by atoms with E-state index in [9.17, 15) is 0 Å². The average Bonchev–Trinajstić information content (AvgIpc) is 2.91. The fraction of sp³-hybridized carbons (Fsp3) is 0.280. The Morgan fingerprint density at radius 1 is 0.944 bits per heavy atom. The smallest absolute Gasteiger partial charge is 0.229 e. The van der Waals surface area contributed by atoms with Gasteiger partial charge in [0.2, 0.25) is 5.95 Å². The Balaban J connectivity index is 1.37. The molecule has 1 fully saturated rings. The highest BCUT2D eigenvalue weighted by molar-refractivity contribution is 9.10. The number of nitrogens with zero attached hydrogens (tertiary/aromatic N) is 7. The van der Waals surface area contributed by atoms with Gasteiger partial charge in [0, 0.05) is 69.4 Å². The van der Waals surface area contributed by atoms with Gasteiger partial charge >= 0.3 is 0 Å². The number of nitrogens with one attached hydrogen (secondary N) is 2. The molecule has 11 heteroatoms. The molecular formula is C25H28BrN9S. The van der Waals surface area contributed by atoms with Gasteiger partial charge in [-0.1, -0.05) is 11.9 Å². The van der Waals surface area contributed by atoms with E-state index in [0.29, 0.717) is 11.8 Å². The van der Waals surface area contributed by atoms with Gasteiger partial charge in [0.05, 0.1) is 21.4 Å². The number of aromatic nitrogens is 4. The number of halogens is 1. The molecule has 0 bridgehead atoms. The topological polar surface area (TPSA) is 85.3 Å². The predicted octanol–water partition coefficient (Wildman–Crippen LogP) is 5.14. The summed E-state index contributed by atoms with van der Waals surface area (Å²) in [6, 6.07) is 12.4. The molecule has 0 saturated carbocycles. The van der Waals surface area contributed by atoms with E-state index in [4.69, 9.17) is 4.98 Å². The van der Waals surface area contributed by atoms with Gasteiger partial charge in [-0.3, -0.25) is 9.97 Å². The highest BCUT2D eigenvalue weighted by Gasteiger charge is 2.17. The van der Waals surface area contributed by atoms with Crippen LogP contribution in [-0.4, -0.2) is 71.4 Å². The van der Waals surface area contributed by atoms with Gasteiger partial charge in [-0.2, -0.15) is 4.98 Å². The van der Waals surface area contributed by atoms with Crippen molar-refractivity contribution in [3.8, 4) is 0 Å².